The number of carbonyl (C=O) groups is 2. The van der Waals surface area contributed by atoms with Gasteiger partial charge < -0.3 is 19.5 Å². The SMILES string of the molecule is CCc1nccn1CCC(=O)N1C[C@@H](C(=O)O)CC[C@@H](N(C)C)C1. The second kappa shape index (κ2) is 8.28. The van der Waals surface area contributed by atoms with E-state index < -0.39 is 11.9 Å². The molecule has 7 nitrogen and oxygen atoms in total. The molecule has 134 valence electrons. The van der Waals surface area contributed by atoms with E-state index in [-0.39, 0.29) is 11.9 Å². The molecule has 1 fully saturated rings. The first-order chi connectivity index (χ1) is 11.4. The number of carbonyl (C=O) groups excluding carboxylic acids is 1. The number of imidazole rings is 1. The van der Waals surface area contributed by atoms with Crippen LogP contribution in [0.2, 0.25) is 0 Å². The van der Waals surface area contributed by atoms with Gasteiger partial charge in [0.1, 0.15) is 5.82 Å². The minimum absolute atomic E-state index is 0.0192. The maximum atomic E-state index is 12.7. The molecule has 1 aliphatic rings. The van der Waals surface area contributed by atoms with Crippen LogP contribution in [0.3, 0.4) is 0 Å². The Labute approximate surface area is 143 Å². The van der Waals surface area contributed by atoms with E-state index in [4.69, 9.17) is 0 Å². The van der Waals surface area contributed by atoms with Crippen molar-refractivity contribution in [2.24, 2.45) is 5.92 Å². The molecule has 0 aromatic carbocycles. The third kappa shape index (κ3) is 4.56. The van der Waals surface area contributed by atoms with Crippen LogP contribution in [0.25, 0.3) is 0 Å². The van der Waals surface area contributed by atoms with Gasteiger partial charge in [-0.2, -0.15) is 0 Å². The Bertz CT molecular complexity index is 570. The van der Waals surface area contributed by atoms with Crippen LogP contribution in [-0.4, -0.2) is 69.6 Å². The van der Waals surface area contributed by atoms with E-state index >= 15 is 0 Å². The average molecular weight is 336 g/mol. The normalized spacial score (nSPS) is 21.8. The topological polar surface area (TPSA) is 78.7 Å². The summed E-state index contributed by atoms with van der Waals surface area (Å²) < 4.78 is 1.99. The lowest BCUT2D eigenvalue weighted by atomic mass is 10.0. The van der Waals surface area contributed by atoms with Gasteiger partial charge in [0.15, 0.2) is 0 Å². The molecule has 2 atom stereocenters. The predicted molar refractivity (Wildman–Crippen MR) is 90.6 cm³/mol. The van der Waals surface area contributed by atoms with Crippen molar-refractivity contribution in [1.82, 2.24) is 19.4 Å². The smallest absolute Gasteiger partial charge is 0.308 e. The van der Waals surface area contributed by atoms with Crippen LogP contribution in [0.4, 0.5) is 0 Å². The molecule has 1 aliphatic heterocycles. The van der Waals surface area contributed by atoms with Gasteiger partial charge in [-0.05, 0) is 26.9 Å². The summed E-state index contributed by atoms with van der Waals surface area (Å²) in [6.45, 7) is 3.53. The first kappa shape index (κ1) is 18.4. The number of rotatable bonds is 6. The number of carboxylic acid groups (broad SMARTS) is 1. The molecule has 1 N–H and O–H groups in total. The molecular weight excluding hydrogens is 308 g/mol. The number of likely N-dealkylation sites (tertiary alicyclic amines) is 1. The van der Waals surface area contributed by atoms with E-state index in [2.05, 4.69) is 9.88 Å². The molecule has 1 aromatic heterocycles. The Morgan fingerprint density at radius 3 is 2.71 bits per heavy atom. The summed E-state index contributed by atoms with van der Waals surface area (Å²) in [7, 11) is 3.96. The second-order valence-electron chi connectivity index (χ2n) is 6.67. The predicted octanol–water partition coefficient (Wildman–Crippen LogP) is 1.09. The summed E-state index contributed by atoms with van der Waals surface area (Å²) >= 11 is 0. The Morgan fingerprint density at radius 2 is 2.08 bits per heavy atom. The molecule has 2 heterocycles. The Morgan fingerprint density at radius 1 is 1.33 bits per heavy atom. The summed E-state index contributed by atoms with van der Waals surface area (Å²) in [4.78, 5) is 32.2. The number of aliphatic carboxylic acids is 1. The zero-order chi connectivity index (χ0) is 17.7. The zero-order valence-electron chi connectivity index (χ0n) is 14.8. The van der Waals surface area contributed by atoms with Crippen molar-refractivity contribution in [3.05, 3.63) is 18.2 Å². The van der Waals surface area contributed by atoms with Crippen molar-refractivity contribution in [3.8, 4) is 0 Å². The first-order valence-corrected chi connectivity index (χ1v) is 8.59. The molecule has 24 heavy (non-hydrogen) atoms. The molecule has 0 saturated carbocycles. The monoisotopic (exact) mass is 336 g/mol. The average Bonchev–Trinajstić information content (AvgIpc) is 2.87. The fraction of sp³-hybridized carbons (Fsp3) is 0.706. The van der Waals surface area contributed by atoms with E-state index in [0.29, 0.717) is 32.5 Å². The molecule has 0 spiro atoms. The van der Waals surface area contributed by atoms with Crippen molar-refractivity contribution >= 4 is 11.9 Å². The fourth-order valence-corrected chi connectivity index (χ4v) is 3.23. The van der Waals surface area contributed by atoms with Gasteiger partial charge in [-0.15, -0.1) is 0 Å². The van der Waals surface area contributed by atoms with E-state index in [1.807, 2.05) is 31.8 Å². The highest BCUT2D eigenvalue weighted by Crippen LogP contribution is 2.20. The van der Waals surface area contributed by atoms with Gasteiger partial charge in [-0.3, -0.25) is 9.59 Å². The van der Waals surface area contributed by atoms with Crippen LogP contribution in [0.1, 0.15) is 32.0 Å². The van der Waals surface area contributed by atoms with Gasteiger partial charge in [0.05, 0.1) is 5.92 Å². The number of carboxylic acids is 1. The summed E-state index contributed by atoms with van der Waals surface area (Å²) in [5.41, 5.74) is 0. The first-order valence-electron chi connectivity index (χ1n) is 8.59. The van der Waals surface area contributed by atoms with Gasteiger partial charge in [0.25, 0.3) is 0 Å². The number of aromatic nitrogens is 2. The number of hydrogen-bond acceptors (Lipinski definition) is 4. The third-order valence-electron chi connectivity index (χ3n) is 4.84. The highest BCUT2D eigenvalue weighted by atomic mass is 16.4. The molecule has 7 heteroatoms. The number of nitrogens with zero attached hydrogens (tertiary/aromatic N) is 4. The molecule has 1 saturated heterocycles. The van der Waals surface area contributed by atoms with Crippen molar-refractivity contribution in [1.29, 1.82) is 0 Å². The Kier molecular flexibility index (Phi) is 6.36. The summed E-state index contributed by atoms with van der Waals surface area (Å²) in [5, 5.41) is 9.37. The van der Waals surface area contributed by atoms with Crippen LogP contribution in [-0.2, 0) is 22.6 Å². The van der Waals surface area contributed by atoms with Gasteiger partial charge in [-0.1, -0.05) is 6.92 Å². The van der Waals surface area contributed by atoms with Crippen molar-refractivity contribution < 1.29 is 14.7 Å². The minimum Gasteiger partial charge on any atom is -0.481 e. The lowest BCUT2D eigenvalue weighted by Gasteiger charge is -2.29. The minimum atomic E-state index is -0.810. The van der Waals surface area contributed by atoms with E-state index in [0.717, 1.165) is 18.7 Å². The maximum Gasteiger partial charge on any atom is 0.308 e. The van der Waals surface area contributed by atoms with Crippen LogP contribution in [0, 0.1) is 5.92 Å². The maximum absolute atomic E-state index is 12.7. The third-order valence-corrected chi connectivity index (χ3v) is 4.84. The standard InChI is InChI=1S/C17H28N4O3/c1-4-15-18-8-10-20(15)9-7-16(22)21-11-13(17(23)24)5-6-14(12-21)19(2)3/h8,10,13-14H,4-7,9,11-12H2,1-3H3,(H,23,24)/t13-,14+/m0/s1. The highest BCUT2D eigenvalue weighted by molar-refractivity contribution is 5.77. The molecule has 0 bridgehead atoms. The largest absolute Gasteiger partial charge is 0.481 e. The van der Waals surface area contributed by atoms with Crippen LogP contribution < -0.4 is 0 Å². The van der Waals surface area contributed by atoms with E-state index in [9.17, 15) is 14.7 Å². The number of amides is 1. The zero-order valence-corrected chi connectivity index (χ0v) is 14.8. The number of aryl methyl sites for hydroxylation is 2. The molecule has 0 unspecified atom stereocenters. The van der Waals surface area contributed by atoms with Gasteiger partial charge in [-0.25, -0.2) is 4.98 Å². The fourth-order valence-electron chi connectivity index (χ4n) is 3.23. The molecule has 0 aliphatic carbocycles. The van der Waals surface area contributed by atoms with Gasteiger partial charge >= 0.3 is 5.97 Å². The number of likely N-dealkylation sites (N-methyl/N-ethyl adjacent to an activating group) is 1. The molecular formula is C17H28N4O3. The molecule has 0 radical (unpaired) electrons. The van der Waals surface area contributed by atoms with Gasteiger partial charge in [0.2, 0.25) is 5.91 Å². The van der Waals surface area contributed by atoms with Gasteiger partial charge in [0, 0.05) is 50.9 Å². The molecule has 1 amide bonds. The number of hydrogen-bond donors (Lipinski definition) is 1. The summed E-state index contributed by atoms with van der Waals surface area (Å²) in [6, 6.07) is 0.206. The van der Waals surface area contributed by atoms with Crippen molar-refractivity contribution in [2.45, 2.75) is 45.2 Å². The molecule has 2 rings (SSSR count). The Hall–Kier alpha value is -1.89. The van der Waals surface area contributed by atoms with Crippen LogP contribution in [0.5, 0.6) is 0 Å². The lowest BCUT2D eigenvalue weighted by molar-refractivity contribution is -0.143. The summed E-state index contributed by atoms with van der Waals surface area (Å²) in [5.74, 6) is -0.299. The van der Waals surface area contributed by atoms with Crippen molar-refractivity contribution in [3.63, 3.8) is 0 Å². The summed E-state index contributed by atoms with van der Waals surface area (Å²) in [6.07, 6.45) is 6.25. The lowest BCUT2D eigenvalue weighted by Crippen LogP contribution is -2.43. The highest BCUT2D eigenvalue weighted by Gasteiger charge is 2.31. The van der Waals surface area contributed by atoms with Crippen LogP contribution in [0.15, 0.2) is 12.4 Å². The van der Waals surface area contributed by atoms with E-state index in [1.165, 1.54) is 0 Å². The molecule has 1 aromatic rings. The van der Waals surface area contributed by atoms with Crippen LogP contribution >= 0.6 is 0 Å². The van der Waals surface area contributed by atoms with Crippen molar-refractivity contribution in [2.75, 3.05) is 27.2 Å². The van der Waals surface area contributed by atoms with E-state index in [1.54, 1.807) is 11.1 Å². The Balaban J connectivity index is 2.02. The second-order valence-corrected chi connectivity index (χ2v) is 6.67. The quantitative estimate of drug-likeness (QED) is 0.841.